The minimum absolute atomic E-state index is 0.449. The van der Waals surface area contributed by atoms with Crippen molar-refractivity contribution in [3.8, 4) is 0 Å². The average Bonchev–Trinajstić information content (AvgIpc) is 2.84. The van der Waals surface area contributed by atoms with Crippen LogP contribution >= 0.6 is 22.6 Å². The lowest BCUT2D eigenvalue weighted by molar-refractivity contribution is 0.582. The largest absolute Gasteiger partial charge is 0.369 e. The minimum atomic E-state index is 0.449. The van der Waals surface area contributed by atoms with Crippen LogP contribution in [-0.4, -0.2) is 16.5 Å². The highest BCUT2D eigenvalue weighted by molar-refractivity contribution is 14.1. The Morgan fingerprint density at radius 3 is 2.60 bits per heavy atom. The predicted molar refractivity (Wildman–Crippen MR) is 93.4 cm³/mol. The van der Waals surface area contributed by atoms with E-state index < -0.39 is 0 Å². The summed E-state index contributed by atoms with van der Waals surface area (Å²) in [6.45, 7) is 9.94. The number of anilines is 1. The molecule has 1 aliphatic rings. The Morgan fingerprint density at radius 1 is 1.30 bits per heavy atom. The lowest BCUT2D eigenvalue weighted by Crippen LogP contribution is -2.13. The summed E-state index contributed by atoms with van der Waals surface area (Å²) in [6.07, 6.45) is 4.92. The van der Waals surface area contributed by atoms with Crippen LogP contribution < -0.4 is 5.32 Å². The summed E-state index contributed by atoms with van der Waals surface area (Å²) in [5, 5.41) is 3.47. The van der Waals surface area contributed by atoms with E-state index in [2.05, 4.69) is 55.6 Å². The summed E-state index contributed by atoms with van der Waals surface area (Å²) in [6, 6.07) is 0. The molecule has 0 amide bonds. The molecule has 0 saturated heterocycles. The number of aromatic nitrogens is 2. The van der Waals surface area contributed by atoms with E-state index in [1.165, 1.54) is 28.5 Å². The van der Waals surface area contributed by atoms with Gasteiger partial charge >= 0.3 is 0 Å². The van der Waals surface area contributed by atoms with Crippen molar-refractivity contribution < 1.29 is 0 Å². The molecule has 0 bridgehead atoms. The number of hydrogen-bond donors (Lipinski definition) is 1. The van der Waals surface area contributed by atoms with Crippen LogP contribution in [0, 0.1) is 9.49 Å². The van der Waals surface area contributed by atoms with Crippen molar-refractivity contribution in [3.05, 3.63) is 15.1 Å². The molecule has 0 spiro atoms. The number of hydrogen-bond acceptors (Lipinski definition) is 3. The van der Waals surface area contributed by atoms with Crippen molar-refractivity contribution in [1.29, 1.82) is 0 Å². The molecular weight excluding hydrogens is 361 g/mol. The van der Waals surface area contributed by atoms with Crippen molar-refractivity contribution in [2.75, 3.05) is 11.9 Å². The summed E-state index contributed by atoms with van der Waals surface area (Å²) in [7, 11) is 0. The highest BCUT2D eigenvalue weighted by atomic mass is 127. The van der Waals surface area contributed by atoms with Crippen LogP contribution in [0.4, 0.5) is 5.82 Å². The van der Waals surface area contributed by atoms with Gasteiger partial charge in [-0.2, -0.15) is 0 Å². The van der Waals surface area contributed by atoms with Crippen LogP contribution in [0.2, 0.25) is 0 Å². The molecule has 2 rings (SSSR count). The number of nitrogens with zero attached hydrogens (tertiary/aromatic N) is 2. The fourth-order valence-electron chi connectivity index (χ4n) is 2.85. The van der Waals surface area contributed by atoms with Crippen LogP contribution in [0.1, 0.15) is 76.7 Å². The van der Waals surface area contributed by atoms with Gasteiger partial charge in [-0.15, -0.1) is 0 Å². The van der Waals surface area contributed by atoms with Gasteiger partial charge in [0.15, 0.2) is 0 Å². The lowest BCUT2D eigenvalue weighted by Gasteiger charge is -2.17. The van der Waals surface area contributed by atoms with Crippen molar-refractivity contribution in [2.45, 2.75) is 65.2 Å². The molecule has 2 unspecified atom stereocenters. The lowest BCUT2D eigenvalue weighted by atomic mass is 10.0. The van der Waals surface area contributed by atoms with Crippen molar-refractivity contribution in [3.63, 3.8) is 0 Å². The van der Waals surface area contributed by atoms with E-state index in [4.69, 9.17) is 9.97 Å². The smallest absolute Gasteiger partial charge is 0.143 e. The molecule has 3 nitrogen and oxygen atoms in total. The monoisotopic (exact) mass is 387 g/mol. The van der Waals surface area contributed by atoms with Gasteiger partial charge in [0.1, 0.15) is 11.6 Å². The van der Waals surface area contributed by atoms with Crippen LogP contribution in [0.25, 0.3) is 0 Å². The van der Waals surface area contributed by atoms with Gasteiger partial charge in [-0.3, -0.25) is 0 Å². The van der Waals surface area contributed by atoms with Gasteiger partial charge in [0.05, 0.1) is 9.26 Å². The van der Waals surface area contributed by atoms with E-state index in [-0.39, 0.29) is 0 Å². The first-order chi connectivity index (χ1) is 9.52. The maximum Gasteiger partial charge on any atom is 0.143 e. The highest BCUT2D eigenvalue weighted by Gasteiger charge is 2.27. The molecule has 4 heteroatoms. The van der Waals surface area contributed by atoms with Crippen molar-refractivity contribution in [1.82, 2.24) is 9.97 Å². The highest BCUT2D eigenvalue weighted by Crippen LogP contribution is 2.38. The van der Waals surface area contributed by atoms with Gasteiger partial charge in [-0.1, -0.05) is 27.7 Å². The van der Waals surface area contributed by atoms with Gasteiger partial charge in [0, 0.05) is 12.5 Å². The zero-order valence-corrected chi connectivity index (χ0v) is 15.2. The summed E-state index contributed by atoms with van der Waals surface area (Å²) < 4.78 is 1.20. The van der Waals surface area contributed by atoms with E-state index in [9.17, 15) is 0 Å². The Hall–Kier alpha value is -0.390. The third kappa shape index (κ3) is 3.62. The molecule has 1 aromatic heterocycles. The first-order valence-corrected chi connectivity index (χ1v) is 8.92. The molecule has 0 aromatic carbocycles. The van der Waals surface area contributed by atoms with Crippen LogP contribution in [-0.2, 0) is 0 Å². The van der Waals surface area contributed by atoms with Crippen molar-refractivity contribution in [2.24, 2.45) is 5.92 Å². The summed E-state index contributed by atoms with van der Waals surface area (Å²) >= 11 is 2.39. The van der Waals surface area contributed by atoms with Crippen LogP contribution in [0.15, 0.2) is 0 Å². The Bertz CT molecular complexity index is 459. The van der Waals surface area contributed by atoms with Crippen LogP contribution in [0.5, 0.6) is 0 Å². The van der Waals surface area contributed by atoms with E-state index in [0.29, 0.717) is 11.8 Å². The van der Waals surface area contributed by atoms with Crippen LogP contribution in [0.3, 0.4) is 0 Å². The number of rotatable bonds is 5. The zero-order valence-electron chi connectivity index (χ0n) is 13.0. The second-order valence-corrected chi connectivity index (χ2v) is 7.41. The molecule has 1 aliphatic carbocycles. The fourth-order valence-corrected chi connectivity index (χ4v) is 3.90. The Labute approximate surface area is 136 Å². The third-order valence-electron chi connectivity index (χ3n) is 4.04. The summed E-state index contributed by atoms with van der Waals surface area (Å²) in [4.78, 5) is 9.74. The molecule has 2 atom stereocenters. The van der Waals surface area contributed by atoms with Gasteiger partial charge < -0.3 is 5.32 Å². The SMILES string of the molecule is CCCNc1nc(C2CCC(C)C2)nc(C(C)C)c1I. The first-order valence-electron chi connectivity index (χ1n) is 7.84. The predicted octanol–water partition coefficient (Wildman–Crippen LogP) is 4.93. The second-order valence-electron chi connectivity index (χ2n) is 6.33. The van der Waals surface area contributed by atoms with E-state index in [1.807, 2.05) is 0 Å². The molecule has 1 saturated carbocycles. The molecule has 20 heavy (non-hydrogen) atoms. The maximum absolute atomic E-state index is 4.90. The normalized spacial score (nSPS) is 22.5. The van der Waals surface area contributed by atoms with E-state index in [1.54, 1.807) is 0 Å². The van der Waals surface area contributed by atoms with Gasteiger partial charge in [0.25, 0.3) is 0 Å². The average molecular weight is 387 g/mol. The molecule has 0 radical (unpaired) electrons. The van der Waals surface area contributed by atoms with Gasteiger partial charge in [0.2, 0.25) is 0 Å². The first kappa shape index (κ1) is 16.0. The van der Waals surface area contributed by atoms with E-state index >= 15 is 0 Å². The molecule has 112 valence electrons. The second kappa shape index (κ2) is 7.05. The Balaban J connectivity index is 2.33. The Kier molecular flexibility index (Phi) is 5.64. The molecule has 1 aromatic rings. The van der Waals surface area contributed by atoms with Gasteiger partial charge in [-0.25, -0.2) is 9.97 Å². The standard InChI is InChI=1S/C16H26IN3/c1-5-8-18-16-13(17)14(10(2)3)19-15(20-16)12-7-6-11(4)9-12/h10-12H,5-9H2,1-4H3,(H,18,19,20). The topological polar surface area (TPSA) is 37.8 Å². The maximum atomic E-state index is 4.90. The zero-order chi connectivity index (χ0) is 14.7. The molecular formula is C16H26IN3. The van der Waals surface area contributed by atoms with Gasteiger partial charge in [-0.05, 0) is 60.1 Å². The number of nitrogens with one attached hydrogen (secondary N) is 1. The van der Waals surface area contributed by atoms with Crippen molar-refractivity contribution >= 4 is 28.4 Å². The minimum Gasteiger partial charge on any atom is -0.369 e. The third-order valence-corrected chi connectivity index (χ3v) is 5.11. The number of halogens is 1. The molecule has 0 aliphatic heterocycles. The molecule has 1 fully saturated rings. The summed E-state index contributed by atoms with van der Waals surface area (Å²) in [5.41, 5.74) is 1.20. The molecule has 1 heterocycles. The fraction of sp³-hybridized carbons (Fsp3) is 0.750. The Morgan fingerprint density at radius 2 is 2.05 bits per heavy atom. The molecule has 1 N–H and O–H groups in total. The summed E-state index contributed by atoms with van der Waals surface area (Å²) in [5.74, 6) is 3.93. The quantitative estimate of drug-likeness (QED) is 0.728. The van der Waals surface area contributed by atoms with E-state index in [0.717, 1.165) is 30.5 Å².